The normalized spacial score (nSPS) is 16.9. The first-order chi connectivity index (χ1) is 12.0. The summed E-state index contributed by atoms with van der Waals surface area (Å²) in [4.78, 5) is 12.5. The highest BCUT2D eigenvalue weighted by molar-refractivity contribution is 7.80. The average molecular weight is 393 g/mol. The molecule has 0 amide bonds. The molecule has 1 atom stereocenters. The minimum Gasteiger partial charge on any atom is -0.466 e. The van der Waals surface area contributed by atoms with Gasteiger partial charge in [0.25, 0.3) is 0 Å². The molecule has 0 saturated carbocycles. The van der Waals surface area contributed by atoms with Gasteiger partial charge in [0.15, 0.2) is 5.11 Å². The third-order valence-electron chi connectivity index (χ3n) is 3.81. The summed E-state index contributed by atoms with van der Waals surface area (Å²) in [5.74, 6) is -0.451. The zero-order valence-corrected chi connectivity index (χ0v) is 15.5. The van der Waals surface area contributed by atoms with Crippen LogP contribution in [-0.2, 0) is 9.53 Å². The summed E-state index contributed by atoms with van der Waals surface area (Å²) in [7, 11) is 1.35. The van der Waals surface area contributed by atoms with Gasteiger partial charge < -0.3 is 15.4 Å². The summed E-state index contributed by atoms with van der Waals surface area (Å²) >= 11 is 17.3. The fraction of sp³-hybridized carbons (Fsp3) is 0.111. The van der Waals surface area contributed by atoms with E-state index in [1.165, 1.54) is 7.11 Å². The van der Waals surface area contributed by atoms with Crippen molar-refractivity contribution in [3.8, 4) is 0 Å². The van der Waals surface area contributed by atoms with Gasteiger partial charge in [-0.1, -0.05) is 47.5 Å². The molecule has 0 aliphatic carbocycles. The van der Waals surface area contributed by atoms with Crippen LogP contribution in [0, 0.1) is 0 Å². The van der Waals surface area contributed by atoms with Crippen molar-refractivity contribution >= 4 is 52.2 Å². The first-order valence-electron chi connectivity index (χ1n) is 7.41. The smallest absolute Gasteiger partial charge is 0.338 e. The molecule has 0 bridgehead atoms. The van der Waals surface area contributed by atoms with E-state index in [1.54, 1.807) is 24.3 Å². The van der Waals surface area contributed by atoms with Crippen molar-refractivity contribution in [2.45, 2.75) is 6.04 Å². The lowest BCUT2D eigenvalue weighted by atomic mass is 9.93. The second-order valence-corrected chi connectivity index (χ2v) is 6.65. The van der Waals surface area contributed by atoms with Crippen molar-refractivity contribution in [3.63, 3.8) is 0 Å². The van der Waals surface area contributed by atoms with Crippen LogP contribution < -0.4 is 10.6 Å². The van der Waals surface area contributed by atoms with E-state index >= 15 is 0 Å². The van der Waals surface area contributed by atoms with Crippen LogP contribution in [0.2, 0.25) is 10.0 Å². The molecule has 0 unspecified atom stereocenters. The standard InChI is InChI=1S/C18H14Cl2N2O2S/c1-24-17(23)14-15(10-2-6-12(19)7-3-10)21-18(25)22-16(14)11-4-8-13(20)9-5-11/h2-9,15H,1H3,(H2,21,22,25)/t15-/m1/s1. The minimum absolute atomic E-state index is 0.414. The zero-order valence-electron chi connectivity index (χ0n) is 13.2. The maximum Gasteiger partial charge on any atom is 0.338 e. The minimum atomic E-state index is -0.454. The predicted molar refractivity (Wildman–Crippen MR) is 103 cm³/mol. The van der Waals surface area contributed by atoms with E-state index in [0.29, 0.717) is 26.4 Å². The number of hydrogen-bond acceptors (Lipinski definition) is 3. The molecule has 25 heavy (non-hydrogen) atoms. The number of carbonyl (C=O) groups is 1. The molecule has 4 nitrogen and oxygen atoms in total. The van der Waals surface area contributed by atoms with E-state index in [1.807, 2.05) is 24.3 Å². The second kappa shape index (κ2) is 7.44. The molecule has 1 aliphatic heterocycles. The number of halogens is 2. The molecular weight excluding hydrogens is 379 g/mol. The van der Waals surface area contributed by atoms with Gasteiger partial charge in [-0.05, 0) is 47.6 Å². The molecule has 2 N–H and O–H groups in total. The van der Waals surface area contributed by atoms with Crippen LogP contribution >= 0.6 is 35.4 Å². The number of esters is 1. The van der Waals surface area contributed by atoms with Crippen LogP contribution in [0.25, 0.3) is 5.70 Å². The molecule has 1 aliphatic rings. The molecule has 0 radical (unpaired) electrons. The van der Waals surface area contributed by atoms with Crippen LogP contribution in [0.15, 0.2) is 54.1 Å². The van der Waals surface area contributed by atoms with Gasteiger partial charge in [-0.15, -0.1) is 0 Å². The van der Waals surface area contributed by atoms with Gasteiger partial charge in [0.1, 0.15) is 0 Å². The van der Waals surface area contributed by atoms with Gasteiger partial charge in [-0.3, -0.25) is 0 Å². The Morgan fingerprint density at radius 1 is 1.04 bits per heavy atom. The lowest BCUT2D eigenvalue weighted by molar-refractivity contribution is -0.136. The molecular formula is C18H14Cl2N2O2S. The highest BCUT2D eigenvalue weighted by Crippen LogP contribution is 2.32. The highest BCUT2D eigenvalue weighted by atomic mass is 35.5. The Labute approximate surface area is 160 Å². The van der Waals surface area contributed by atoms with Crippen molar-refractivity contribution in [3.05, 3.63) is 75.3 Å². The van der Waals surface area contributed by atoms with Crippen molar-refractivity contribution in [1.82, 2.24) is 10.6 Å². The monoisotopic (exact) mass is 392 g/mol. The first kappa shape index (κ1) is 17.7. The summed E-state index contributed by atoms with van der Waals surface area (Å²) in [6.45, 7) is 0. The number of nitrogens with one attached hydrogen (secondary N) is 2. The van der Waals surface area contributed by atoms with Crippen molar-refractivity contribution in [1.29, 1.82) is 0 Å². The van der Waals surface area contributed by atoms with Crippen LogP contribution in [0.3, 0.4) is 0 Å². The maximum absolute atomic E-state index is 12.5. The topological polar surface area (TPSA) is 50.4 Å². The lowest BCUT2D eigenvalue weighted by Gasteiger charge is -2.31. The third kappa shape index (κ3) is 3.79. The average Bonchev–Trinajstić information content (AvgIpc) is 2.61. The molecule has 0 aromatic heterocycles. The number of hydrogen-bond donors (Lipinski definition) is 2. The zero-order chi connectivity index (χ0) is 18.0. The van der Waals surface area contributed by atoms with E-state index in [2.05, 4.69) is 10.6 Å². The van der Waals surface area contributed by atoms with Gasteiger partial charge >= 0.3 is 5.97 Å². The Morgan fingerprint density at radius 2 is 1.60 bits per heavy atom. The largest absolute Gasteiger partial charge is 0.466 e. The van der Waals surface area contributed by atoms with E-state index in [4.69, 9.17) is 40.2 Å². The lowest BCUT2D eigenvalue weighted by Crippen LogP contribution is -2.45. The van der Waals surface area contributed by atoms with E-state index in [0.717, 1.165) is 11.1 Å². The van der Waals surface area contributed by atoms with Crippen LogP contribution in [0.4, 0.5) is 0 Å². The predicted octanol–water partition coefficient (Wildman–Crippen LogP) is 4.10. The number of thiocarbonyl (C=S) groups is 1. The molecule has 2 aromatic carbocycles. The number of ether oxygens (including phenoxy) is 1. The summed E-state index contributed by atoms with van der Waals surface area (Å²) in [6, 6.07) is 13.9. The number of carbonyl (C=O) groups excluding carboxylic acids is 1. The quantitative estimate of drug-likeness (QED) is 0.608. The fourth-order valence-electron chi connectivity index (χ4n) is 2.64. The molecule has 7 heteroatoms. The maximum atomic E-state index is 12.5. The van der Waals surface area contributed by atoms with E-state index in [9.17, 15) is 4.79 Å². The molecule has 128 valence electrons. The molecule has 0 fully saturated rings. The van der Waals surface area contributed by atoms with Crippen LogP contribution in [0.1, 0.15) is 17.2 Å². The van der Waals surface area contributed by atoms with Crippen molar-refractivity contribution < 1.29 is 9.53 Å². The van der Waals surface area contributed by atoms with Gasteiger partial charge in [-0.25, -0.2) is 4.79 Å². The Kier molecular flexibility index (Phi) is 5.27. The number of rotatable bonds is 3. The Bertz CT molecular complexity index is 848. The molecule has 3 rings (SSSR count). The molecule has 0 saturated heterocycles. The fourth-order valence-corrected chi connectivity index (χ4v) is 3.12. The Balaban J connectivity index is 2.17. The third-order valence-corrected chi connectivity index (χ3v) is 4.54. The summed E-state index contributed by atoms with van der Waals surface area (Å²) in [6.07, 6.45) is 0. The van der Waals surface area contributed by atoms with Gasteiger partial charge in [0.2, 0.25) is 0 Å². The van der Waals surface area contributed by atoms with Gasteiger partial charge in [0.05, 0.1) is 24.4 Å². The van der Waals surface area contributed by atoms with E-state index in [-0.39, 0.29) is 0 Å². The van der Waals surface area contributed by atoms with Crippen molar-refractivity contribution in [2.24, 2.45) is 0 Å². The van der Waals surface area contributed by atoms with Crippen LogP contribution in [-0.4, -0.2) is 18.2 Å². The van der Waals surface area contributed by atoms with Crippen molar-refractivity contribution in [2.75, 3.05) is 7.11 Å². The molecule has 0 spiro atoms. The van der Waals surface area contributed by atoms with Crippen LogP contribution in [0.5, 0.6) is 0 Å². The highest BCUT2D eigenvalue weighted by Gasteiger charge is 2.32. The number of methoxy groups -OCH3 is 1. The van der Waals surface area contributed by atoms with Gasteiger partial charge in [-0.2, -0.15) is 0 Å². The summed E-state index contributed by atoms with van der Waals surface area (Å²) in [5.41, 5.74) is 2.65. The first-order valence-corrected chi connectivity index (χ1v) is 8.57. The van der Waals surface area contributed by atoms with Gasteiger partial charge in [0, 0.05) is 10.0 Å². The summed E-state index contributed by atoms with van der Waals surface area (Å²) < 4.78 is 5.00. The Morgan fingerprint density at radius 3 is 2.16 bits per heavy atom. The number of benzene rings is 2. The second-order valence-electron chi connectivity index (χ2n) is 5.37. The summed E-state index contributed by atoms with van der Waals surface area (Å²) in [5, 5.41) is 7.81. The SMILES string of the molecule is COC(=O)C1=C(c2ccc(Cl)cc2)NC(=S)N[C@@H]1c1ccc(Cl)cc1. The molecule has 2 aromatic rings. The van der Waals surface area contributed by atoms with E-state index < -0.39 is 12.0 Å². The molecule has 1 heterocycles. The Hall–Kier alpha value is -2.08.